The molecule has 2 N–H and O–H groups in total. The normalized spacial score (nSPS) is 18.1. The molecule has 1 aliphatic heterocycles. The number of anilines is 1. The van der Waals surface area contributed by atoms with E-state index >= 15 is 0 Å². The summed E-state index contributed by atoms with van der Waals surface area (Å²) in [6.07, 6.45) is 3.59. The Morgan fingerprint density at radius 1 is 1.33 bits per heavy atom. The van der Waals surface area contributed by atoms with Crippen molar-refractivity contribution in [1.82, 2.24) is 4.57 Å². The zero-order chi connectivity index (χ0) is 17.5. The van der Waals surface area contributed by atoms with Crippen LogP contribution >= 0.6 is 10.8 Å². The molecule has 1 aromatic carbocycles. The minimum absolute atomic E-state index is 0.306. The molecule has 0 spiro atoms. The molecule has 0 atom stereocenters. The average Bonchev–Trinajstić information content (AvgIpc) is 3.06. The van der Waals surface area contributed by atoms with Crippen molar-refractivity contribution in [1.29, 1.82) is 0 Å². The summed E-state index contributed by atoms with van der Waals surface area (Å²) < 4.78 is 29.6. The minimum atomic E-state index is -2.83. The lowest BCUT2D eigenvalue weighted by molar-refractivity contribution is 0.0526. The number of benzene rings is 1. The van der Waals surface area contributed by atoms with E-state index in [1.807, 2.05) is 23.9 Å². The SMILES string of the molecule is CCOC(=O)c1cc(N2CCCS2(O)O)c2c(c1)c(CC)cn2C. The highest BCUT2D eigenvalue weighted by Gasteiger charge is 2.32. The molecule has 132 valence electrons. The van der Waals surface area contributed by atoms with Crippen molar-refractivity contribution in [3.63, 3.8) is 0 Å². The molecule has 24 heavy (non-hydrogen) atoms. The summed E-state index contributed by atoms with van der Waals surface area (Å²) in [5.41, 5.74) is 3.18. The second-order valence-corrected chi connectivity index (χ2v) is 8.14. The topological polar surface area (TPSA) is 74.9 Å². The molecule has 0 bridgehead atoms. The Morgan fingerprint density at radius 2 is 2.08 bits per heavy atom. The Bertz CT molecular complexity index is 784. The summed E-state index contributed by atoms with van der Waals surface area (Å²) in [6.45, 7) is 4.71. The molecule has 1 saturated heterocycles. The van der Waals surface area contributed by atoms with Gasteiger partial charge in [0, 0.05) is 25.2 Å². The first kappa shape index (κ1) is 17.1. The van der Waals surface area contributed by atoms with Crippen LogP contribution in [0.4, 0.5) is 5.69 Å². The van der Waals surface area contributed by atoms with Gasteiger partial charge < -0.3 is 9.30 Å². The molecular weight excluding hydrogens is 328 g/mol. The lowest BCUT2D eigenvalue weighted by atomic mass is 10.1. The maximum atomic E-state index is 12.3. The number of ether oxygens (including phenoxy) is 1. The zero-order valence-corrected chi connectivity index (χ0v) is 15.1. The van der Waals surface area contributed by atoms with Gasteiger partial charge in [0.15, 0.2) is 0 Å². The van der Waals surface area contributed by atoms with E-state index in [-0.39, 0.29) is 5.97 Å². The fraction of sp³-hybridized carbons (Fsp3) is 0.471. The number of hydrogen-bond acceptors (Lipinski definition) is 5. The Labute approximate surface area is 143 Å². The van der Waals surface area contributed by atoms with Crippen molar-refractivity contribution < 1.29 is 18.6 Å². The number of esters is 1. The summed E-state index contributed by atoms with van der Waals surface area (Å²) in [4.78, 5) is 12.3. The monoisotopic (exact) mass is 352 g/mol. The van der Waals surface area contributed by atoms with Crippen molar-refractivity contribution in [2.45, 2.75) is 26.7 Å². The molecule has 2 heterocycles. The number of aromatic nitrogens is 1. The number of carbonyl (C=O) groups is 1. The number of carbonyl (C=O) groups excluding carboxylic acids is 1. The molecular formula is C17H24N2O4S. The van der Waals surface area contributed by atoms with Gasteiger partial charge in [0.2, 0.25) is 0 Å². The van der Waals surface area contributed by atoms with E-state index in [9.17, 15) is 13.9 Å². The smallest absolute Gasteiger partial charge is 0.338 e. The summed E-state index contributed by atoms with van der Waals surface area (Å²) in [7, 11) is -0.891. The lowest BCUT2D eigenvalue weighted by Gasteiger charge is -2.38. The standard InChI is InChI=1S/C17H24N2O4S/c1-4-12-11-18(3)16-14(12)9-13(17(20)23-5-2)10-15(16)19-7-6-8-24(19,21)22/h9-11,21-22H,4-8H2,1-3H3. The summed E-state index contributed by atoms with van der Waals surface area (Å²) >= 11 is 0. The van der Waals surface area contributed by atoms with Crippen LogP contribution in [0.5, 0.6) is 0 Å². The van der Waals surface area contributed by atoms with Crippen LogP contribution in [0.25, 0.3) is 10.9 Å². The second kappa shape index (κ2) is 6.31. The van der Waals surface area contributed by atoms with Gasteiger partial charge in [0.25, 0.3) is 0 Å². The quantitative estimate of drug-likeness (QED) is 0.819. The zero-order valence-electron chi connectivity index (χ0n) is 14.3. The first-order valence-corrected chi connectivity index (χ1v) is 9.89. The molecule has 0 unspecified atom stereocenters. The molecule has 1 fully saturated rings. The van der Waals surface area contributed by atoms with Crippen LogP contribution < -0.4 is 4.31 Å². The Morgan fingerprint density at radius 3 is 2.67 bits per heavy atom. The summed E-state index contributed by atoms with van der Waals surface area (Å²) in [6, 6.07) is 3.57. The molecule has 2 aromatic rings. The number of fused-ring (bicyclic) bond motifs is 1. The fourth-order valence-electron chi connectivity index (χ4n) is 3.34. The average molecular weight is 352 g/mol. The van der Waals surface area contributed by atoms with E-state index < -0.39 is 10.8 Å². The molecule has 0 amide bonds. The first-order valence-electron chi connectivity index (χ1n) is 8.21. The van der Waals surface area contributed by atoms with Gasteiger partial charge >= 0.3 is 5.97 Å². The third-order valence-corrected chi connectivity index (χ3v) is 6.35. The van der Waals surface area contributed by atoms with E-state index in [1.54, 1.807) is 17.3 Å². The summed E-state index contributed by atoms with van der Waals surface area (Å²) in [5.74, 6) is -0.0226. The van der Waals surface area contributed by atoms with Gasteiger partial charge in [-0.25, -0.2) is 4.79 Å². The third-order valence-electron chi connectivity index (χ3n) is 4.43. The van der Waals surface area contributed by atoms with Gasteiger partial charge in [-0.3, -0.25) is 13.4 Å². The lowest BCUT2D eigenvalue weighted by Crippen LogP contribution is -2.23. The van der Waals surface area contributed by atoms with E-state index in [2.05, 4.69) is 6.92 Å². The van der Waals surface area contributed by atoms with Crippen LogP contribution in [0.3, 0.4) is 0 Å². The highest BCUT2D eigenvalue weighted by Crippen LogP contribution is 2.52. The van der Waals surface area contributed by atoms with Gasteiger partial charge in [0.1, 0.15) is 0 Å². The molecule has 6 nitrogen and oxygen atoms in total. The van der Waals surface area contributed by atoms with E-state index in [0.29, 0.717) is 30.2 Å². The van der Waals surface area contributed by atoms with Crippen molar-refractivity contribution >= 4 is 33.3 Å². The predicted molar refractivity (Wildman–Crippen MR) is 97.9 cm³/mol. The molecule has 1 aliphatic rings. The molecule has 1 aromatic heterocycles. The van der Waals surface area contributed by atoms with Gasteiger partial charge in [-0.05, 0) is 37.5 Å². The predicted octanol–water partition coefficient (Wildman–Crippen LogP) is 3.79. The maximum absolute atomic E-state index is 12.3. The fourth-order valence-corrected chi connectivity index (χ4v) is 4.96. The van der Waals surface area contributed by atoms with E-state index in [0.717, 1.165) is 29.3 Å². The number of aryl methyl sites for hydroxylation is 2. The van der Waals surface area contributed by atoms with Crippen LogP contribution in [-0.2, 0) is 18.2 Å². The van der Waals surface area contributed by atoms with Gasteiger partial charge in [-0.2, -0.15) is 0 Å². The molecule has 7 heteroatoms. The largest absolute Gasteiger partial charge is 0.462 e. The number of hydrogen-bond donors (Lipinski definition) is 2. The van der Waals surface area contributed by atoms with E-state index in [1.165, 1.54) is 0 Å². The molecule has 0 radical (unpaired) electrons. The van der Waals surface area contributed by atoms with Crippen LogP contribution in [-0.4, -0.2) is 38.5 Å². The van der Waals surface area contributed by atoms with Gasteiger partial charge in [-0.15, -0.1) is 10.8 Å². The molecule has 0 saturated carbocycles. The summed E-state index contributed by atoms with van der Waals surface area (Å²) in [5, 5.41) is 0.961. The third kappa shape index (κ3) is 2.76. The van der Waals surface area contributed by atoms with Crippen molar-refractivity contribution in [3.05, 3.63) is 29.5 Å². The van der Waals surface area contributed by atoms with Crippen molar-refractivity contribution in [3.8, 4) is 0 Å². The van der Waals surface area contributed by atoms with Gasteiger partial charge in [-0.1, -0.05) is 6.92 Å². The molecule has 0 aliphatic carbocycles. The minimum Gasteiger partial charge on any atom is -0.462 e. The highest BCUT2D eigenvalue weighted by atomic mass is 32.3. The Balaban J connectivity index is 2.25. The van der Waals surface area contributed by atoms with Crippen molar-refractivity contribution in [2.24, 2.45) is 7.05 Å². The number of nitrogens with zero attached hydrogens (tertiary/aromatic N) is 2. The molecule has 3 rings (SSSR count). The van der Waals surface area contributed by atoms with Crippen LogP contribution in [0.15, 0.2) is 18.3 Å². The first-order chi connectivity index (χ1) is 11.4. The van der Waals surface area contributed by atoms with Gasteiger partial charge in [0.05, 0.1) is 29.1 Å². The second-order valence-electron chi connectivity index (χ2n) is 6.02. The van der Waals surface area contributed by atoms with E-state index in [4.69, 9.17) is 4.74 Å². The highest BCUT2D eigenvalue weighted by molar-refractivity contribution is 8.25. The maximum Gasteiger partial charge on any atom is 0.338 e. The number of rotatable bonds is 4. The van der Waals surface area contributed by atoms with Crippen LogP contribution in [0.1, 0.15) is 36.2 Å². The van der Waals surface area contributed by atoms with Crippen molar-refractivity contribution in [2.75, 3.05) is 23.2 Å². The van der Waals surface area contributed by atoms with Crippen LogP contribution in [0.2, 0.25) is 0 Å². The Kier molecular flexibility index (Phi) is 4.50. The van der Waals surface area contributed by atoms with Crippen LogP contribution in [0, 0.1) is 0 Å². The Hall–Kier alpha value is -1.70.